The first-order chi connectivity index (χ1) is 6.16. The molecule has 2 heterocycles. The van der Waals surface area contributed by atoms with Crippen molar-refractivity contribution in [3.8, 4) is 0 Å². The molecule has 0 radical (unpaired) electrons. The molecule has 0 saturated carbocycles. The van der Waals surface area contributed by atoms with E-state index in [1.165, 1.54) is 6.20 Å². The smallest absolute Gasteiger partial charge is 0.422 e. The number of halogens is 1. The topological polar surface area (TPSA) is 82.0 Å². The van der Waals surface area contributed by atoms with Crippen LogP contribution in [0.5, 0.6) is 0 Å². The molecule has 0 fully saturated rings. The van der Waals surface area contributed by atoms with Gasteiger partial charge in [-0.05, 0) is 17.7 Å². The molecule has 7 heteroatoms. The monoisotopic (exact) mass is 197 g/mol. The van der Waals surface area contributed by atoms with Crippen molar-refractivity contribution < 1.29 is 10.0 Å². The molecule has 2 rings (SSSR count). The Morgan fingerprint density at radius 3 is 2.92 bits per heavy atom. The molecule has 0 amide bonds. The second-order valence-electron chi connectivity index (χ2n) is 2.54. The lowest BCUT2D eigenvalue weighted by molar-refractivity contribution is 0.424. The van der Waals surface area contributed by atoms with Gasteiger partial charge in [-0.15, -0.1) is 0 Å². The third-order valence-electron chi connectivity index (χ3n) is 1.64. The molecule has 5 nitrogen and oxygen atoms in total. The van der Waals surface area contributed by atoms with E-state index in [0.29, 0.717) is 11.0 Å². The molecule has 3 N–H and O–H groups in total. The van der Waals surface area contributed by atoms with E-state index in [9.17, 15) is 0 Å². The quantitative estimate of drug-likeness (QED) is 0.417. The SMILES string of the molecule is OB(O)c1cc2cnc(Cl)nc2[nH]1. The number of fused-ring (bicyclic) bond motifs is 1. The second kappa shape index (κ2) is 2.99. The van der Waals surface area contributed by atoms with Gasteiger partial charge in [0.2, 0.25) is 5.28 Å². The van der Waals surface area contributed by atoms with Crippen molar-refractivity contribution in [3.05, 3.63) is 17.5 Å². The number of aromatic nitrogens is 3. The Morgan fingerprint density at radius 2 is 2.23 bits per heavy atom. The van der Waals surface area contributed by atoms with Gasteiger partial charge in [0, 0.05) is 17.2 Å². The zero-order valence-corrected chi connectivity index (χ0v) is 7.15. The van der Waals surface area contributed by atoms with Crippen LogP contribution in [0, 0.1) is 0 Å². The molecule has 2 aromatic heterocycles. The Labute approximate surface area is 78.5 Å². The molecule has 2 aromatic rings. The number of hydrogen-bond donors (Lipinski definition) is 3. The fraction of sp³-hybridized carbons (Fsp3) is 0. The molecule has 0 aliphatic heterocycles. The van der Waals surface area contributed by atoms with E-state index in [2.05, 4.69) is 15.0 Å². The number of hydrogen-bond acceptors (Lipinski definition) is 4. The lowest BCUT2D eigenvalue weighted by atomic mass is 9.87. The maximum Gasteiger partial charge on any atom is 0.505 e. The summed E-state index contributed by atoms with van der Waals surface area (Å²) in [6.07, 6.45) is 1.51. The van der Waals surface area contributed by atoms with Crippen molar-refractivity contribution in [1.29, 1.82) is 0 Å². The van der Waals surface area contributed by atoms with E-state index in [-0.39, 0.29) is 10.9 Å². The molecule has 0 aliphatic rings. The molecule has 0 atom stereocenters. The van der Waals surface area contributed by atoms with Gasteiger partial charge in [-0.25, -0.2) is 4.98 Å². The molecule has 0 spiro atoms. The molecule has 13 heavy (non-hydrogen) atoms. The summed E-state index contributed by atoms with van der Waals surface area (Å²) in [5.74, 6) is 0. The van der Waals surface area contributed by atoms with Gasteiger partial charge in [-0.3, -0.25) is 0 Å². The summed E-state index contributed by atoms with van der Waals surface area (Å²) < 4.78 is 0. The fourth-order valence-corrected chi connectivity index (χ4v) is 1.19. The highest BCUT2D eigenvalue weighted by Gasteiger charge is 2.14. The highest BCUT2D eigenvalue weighted by atomic mass is 35.5. The van der Waals surface area contributed by atoms with Crippen LogP contribution in [-0.2, 0) is 0 Å². The summed E-state index contributed by atoms with van der Waals surface area (Å²) in [7, 11) is -1.53. The van der Waals surface area contributed by atoms with Crippen molar-refractivity contribution in [2.45, 2.75) is 0 Å². The van der Waals surface area contributed by atoms with Gasteiger partial charge in [0.25, 0.3) is 0 Å². The lowest BCUT2D eigenvalue weighted by Crippen LogP contribution is -2.30. The third kappa shape index (κ3) is 1.51. The van der Waals surface area contributed by atoms with Crippen LogP contribution in [0.4, 0.5) is 0 Å². The second-order valence-corrected chi connectivity index (χ2v) is 2.88. The standard InChI is InChI=1S/C6H5BClN3O2/c8-6-9-2-3-1-4(7(12)13)10-5(3)11-6/h1-2,12-13H,(H,9,10,11). The minimum atomic E-state index is -1.53. The number of rotatable bonds is 1. The molecular weight excluding hydrogens is 192 g/mol. The first-order valence-electron chi connectivity index (χ1n) is 3.54. The summed E-state index contributed by atoms with van der Waals surface area (Å²) in [6, 6.07) is 1.55. The normalized spacial score (nSPS) is 10.7. The average Bonchev–Trinajstić information content (AvgIpc) is 2.46. The minimum absolute atomic E-state index is 0.119. The third-order valence-corrected chi connectivity index (χ3v) is 1.82. The van der Waals surface area contributed by atoms with Crippen LogP contribution < -0.4 is 5.59 Å². The summed E-state index contributed by atoms with van der Waals surface area (Å²) >= 11 is 5.54. The maximum absolute atomic E-state index is 8.84. The lowest BCUT2D eigenvalue weighted by Gasteiger charge is -1.90. The van der Waals surface area contributed by atoms with Crippen molar-refractivity contribution in [3.63, 3.8) is 0 Å². The Balaban J connectivity index is 2.62. The van der Waals surface area contributed by atoms with Gasteiger partial charge in [0.05, 0.1) is 0 Å². The van der Waals surface area contributed by atoms with E-state index in [1.807, 2.05) is 0 Å². The summed E-state index contributed by atoms with van der Waals surface area (Å²) in [4.78, 5) is 10.3. The Hall–Kier alpha value is -1.11. The zero-order valence-electron chi connectivity index (χ0n) is 6.40. The van der Waals surface area contributed by atoms with Crippen LogP contribution in [0.25, 0.3) is 11.0 Å². The average molecular weight is 197 g/mol. The predicted molar refractivity (Wildman–Crippen MR) is 48.7 cm³/mol. The van der Waals surface area contributed by atoms with Crippen molar-refractivity contribution >= 4 is 35.3 Å². The number of nitrogens with one attached hydrogen (secondary N) is 1. The molecule has 0 bridgehead atoms. The Kier molecular flexibility index (Phi) is 1.95. The van der Waals surface area contributed by atoms with Crippen LogP contribution in [-0.4, -0.2) is 32.1 Å². The van der Waals surface area contributed by atoms with Crippen molar-refractivity contribution in [2.24, 2.45) is 0 Å². The fourth-order valence-electron chi connectivity index (χ4n) is 1.05. The van der Waals surface area contributed by atoms with Crippen LogP contribution >= 0.6 is 11.6 Å². The van der Waals surface area contributed by atoms with Crippen LogP contribution in [0.2, 0.25) is 5.28 Å². The van der Waals surface area contributed by atoms with Crippen molar-refractivity contribution in [2.75, 3.05) is 0 Å². The van der Waals surface area contributed by atoms with Gasteiger partial charge in [-0.1, -0.05) is 0 Å². The summed E-state index contributed by atoms with van der Waals surface area (Å²) in [5.41, 5.74) is 0.759. The summed E-state index contributed by atoms with van der Waals surface area (Å²) in [6.45, 7) is 0. The Bertz CT molecular complexity index is 444. The van der Waals surface area contributed by atoms with E-state index < -0.39 is 7.12 Å². The largest absolute Gasteiger partial charge is 0.505 e. The van der Waals surface area contributed by atoms with Gasteiger partial charge < -0.3 is 15.0 Å². The molecule has 66 valence electrons. The van der Waals surface area contributed by atoms with E-state index >= 15 is 0 Å². The van der Waals surface area contributed by atoms with E-state index in [0.717, 1.165) is 0 Å². The first kappa shape index (κ1) is 8.49. The number of H-pyrrole nitrogens is 1. The molecule has 0 saturated heterocycles. The minimum Gasteiger partial charge on any atom is -0.422 e. The Morgan fingerprint density at radius 1 is 1.46 bits per heavy atom. The van der Waals surface area contributed by atoms with Crippen LogP contribution in [0.1, 0.15) is 0 Å². The van der Waals surface area contributed by atoms with Crippen LogP contribution in [0.3, 0.4) is 0 Å². The predicted octanol–water partition coefficient (Wildman–Crippen LogP) is -0.709. The van der Waals surface area contributed by atoms with Gasteiger partial charge in [0.1, 0.15) is 5.65 Å². The highest BCUT2D eigenvalue weighted by molar-refractivity contribution is 6.58. The van der Waals surface area contributed by atoms with Gasteiger partial charge in [-0.2, -0.15) is 4.98 Å². The molecule has 0 aromatic carbocycles. The van der Waals surface area contributed by atoms with E-state index in [1.54, 1.807) is 6.07 Å². The molecule has 0 unspecified atom stereocenters. The summed E-state index contributed by atoms with van der Waals surface area (Å²) in [5, 5.41) is 18.5. The van der Waals surface area contributed by atoms with E-state index in [4.69, 9.17) is 21.6 Å². The molecule has 0 aliphatic carbocycles. The first-order valence-corrected chi connectivity index (χ1v) is 3.92. The zero-order chi connectivity index (χ0) is 9.42. The van der Waals surface area contributed by atoms with Gasteiger partial charge >= 0.3 is 7.12 Å². The number of aromatic amines is 1. The van der Waals surface area contributed by atoms with Crippen LogP contribution in [0.15, 0.2) is 12.3 Å². The van der Waals surface area contributed by atoms with Crippen molar-refractivity contribution in [1.82, 2.24) is 15.0 Å². The molecular formula is C6H5BClN3O2. The van der Waals surface area contributed by atoms with Gasteiger partial charge in [0.15, 0.2) is 0 Å². The highest BCUT2D eigenvalue weighted by Crippen LogP contribution is 2.09. The maximum atomic E-state index is 8.84. The number of nitrogens with zero attached hydrogens (tertiary/aromatic N) is 2.